The van der Waals surface area contributed by atoms with Gasteiger partial charge in [-0.15, -0.1) is 0 Å². The van der Waals surface area contributed by atoms with Gasteiger partial charge in [-0.2, -0.15) is 0 Å². The van der Waals surface area contributed by atoms with E-state index in [1.54, 1.807) is 35.2 Å². The number of nitrogens with zero attached hydrogens (tertiary/aromatic N) is 1. The molecule has 1 N–H and O–H groups in total. The zero-order chi connectivity index (χ0) is 18.1. The maximum absolute atomic E-state index is 12.5. The number of hydrogen-bond acceptors (Lipinski definition) is 2. The molecule has 0 bridgehead atoms. The van der Waals surface area contributed by atoms with Gasteiger partial charge in [0.05, 0.1) is 16.0 Å². The van der Waals surface area contributed by atoms with E-state index in [0.717, 1.165) is 5.56 Å². The first-order chi connectivity index (χ1) is 11.8. The summed E-state index contributed by atoms with van der Waals surface area (Å²) in [4.78, 5) is 26.3. The molecule has 1 aliphatic heterocycles. The van der Waals surface area contributed by atoms with Crippen molar-refractivity contribution < 1.29 is 9.59 Å². The van der Waals surface area contributed by atoms with Gasteiger partial charge in [0, 0.05) is 29.4 Å². The van der Waals surface area contributed by atoms with E-state index >= 15 is 0 Å². The van der Waals surface area contributed by atoms with Crippen molar-refractivity contribution in [2.45, 2.75) is 13.3 Å². The average Bonchev–Trinajstić information content (AvgIpc) is 2.95. The quantitative estimate of drug-likeness (QED) is 0.797. The minimum Gasteiger partial charge on any atom is -0.326 e. The Balaban J connectivity index is 1.71. The fraction of sp³-hybridized carbons (Fsp3) is 0.222. The van der Waals surface area contributed by atoms with Gasteiger partial charge in [0.1, 0.15) is 0 Å². The average molecular weight is 398 g/mol. The second-order valence-electron chi connectivity index (χ2n) is 5.96. The van der Waals surface area contributed by atoms with Gasteiger partial charge < -0.3 is 10.2 Å². The van der Waals surface area contributed by atoms with E-state index in [-0.39, 0.29) is 18.2 Å². The molecule has 0 aliphatic carbocycles. The maximum atomic E-state index is 12.5. The van der Waals surface area contributed by atoms with Crippen LogP contribution in [0.2, 0.25) is 15.1 Å². The zero-order valence-corrected chi connectivity index (χ0v) is 15.6. The highest BCUT2D eigenvalue weighted by molar-refractivity contribution is 6.42. The van der Waals surface area contributed by atoms with Crippen LogP contribution in [0.3, 0.4) is 0 Å². The van der Waals surface area contributed by atoms with Gasteiger partial charge in [0.2, 0.25) is 11.8 Å². The molecule has 1 heterocycles. The number of nitrogens with one attached hydrogen (secondary N) is 1. The number of benzene rings is 2. The maximum Gasteiger partial charge on any atom is 0.229 e. The molecule has 0 spiro atoms. The van der Waals surface area contributed by atoms with E-state index in [1.807, 2.05) is 13.0 Å². The van der Waals surface area contributed by atoms with Crippen LogP contribution in [0.15, 0.2) is 36.4 Å². The van der Waals surface area contributed by atoms with Gasteiger partial charge in [0.25, 0.3) is 0 Å². The standard InChI is InChI=1S/C18H15Cl3N2O2/c1-10-2-3-12(7-15(10)20)22-18(25)11-6-17(24)23(9-11)13-4-5-14(19)16(21)8-13/h2-5,7-8,11H,6,9H2,1H3,(H,22,25). The normalized spacial score (nSPS) is 17.0. The number of rotatable bonds is 3. The summed E-state index contributed by atoms with van der Waals surface area (Å²) in [7, 11) is 0. The Morgan fingerprint density at radius 2 is 1.84 bits per heavy atom. The molecule has 25 heavy (non-hydrogen) atoms. The summed E-state index contributed by atoms with van der Waals surface area (Å²) in [5.41, 5.74) is 2.18. The third-order valence-corrected chi connectivity index (χ3v) is 5.30. The molecule has 130 valence electrons. The Morgan fingerprint density at radius 1 is 1.08 bits per heavy atom. The van der Waals surface area contributed by atoms with E-state index in [9.17, 15) is 9.59 Å². The number of carbonyl (C=O) groups excluding carboxylic acids is 2. The molecule has 0 radical (unpaired) electrons. The number of amides is 2. The minimum atomic E-state index is -0.443. The van der Waals surface area contributed by atoms with Crippen molar-refractivity contribution in [1.82, 2.24) is 0 Å². The molecule has 2 amide bonds. The van der Waals surface area contributed by atoms with Crippen LogP contribution in [0.5, 0.6) is 0 Å². The van der Waals surface area contributed by atoms with Gasteiger partial charge in [-0.25, -0.2) is 0 Å². The number of aryl methyl sites for hydroxylation is 1. The molecule has 2 aromatic rings. The van der Waals surface area contributed by atoms with Crippen LogP contribution < -0.4 is 10.2 Å². The van der Waals surface area contributed by atoms with E-state index in [1.165, 1.54) is 0 Å². The highest BCUT2D eigenvalue weighted by Crippen LogP contribution is 2.31. The minimum absolute atomic E-state index is 0.125. The predicted molar refractivity (Wildman–Crippen MR) is 102 cm³/mol. The molecule has 1 unspecified atom stereocenters. The Hall–Kier alpha value is -1.75. The van der Waals surface area contributed by atoms with Crippen LogP contribution in [-0.4, -0.2) is 18.4 Å². The largest absolute Gasteiger partial charge is 0.326 e. The Kier molecular flexibility index (Phi) is 5.23. The van der Waals surface area contributed by atoms with Crippen LogP contribution in [0.1, 0.15) is 12.0 Å². The molecule has 1 fully saturated rings. The molecule has 1 atom stereocenters. The van der Waals surface area contributed by atoms with E-state index < -0.39 is 5.92 Å². The van der Waals surface area contributed by atoms with Crippen molar-refractivity contribution in [2.24, 2.45) is 5.92 Å². The predicted octanol–water partition coefficient (Wildman–Crippen LogP) is 4.95. The summed E-state index contributed by atoms with van der Waals surface area (Å²) in [6.07, 6.45) is 0.145. The van der Waals surface area contributed by atoms with Gasteiger partial charge in [-0.3, -0.25) is 9.59 Å². The number of hydrogen-bond donors (Lipinski definition) is 1. The first-order valence-electron chi connectivity index (χ1n) is 7.67. The lowest BCUT2D eigenvalue weighted by atomic mass is 10.1. The van der Waals surface area contributed by atoms with E-state index in [4.69, 9.17) is 34.8 Å². The van der Waals surface area contributed by atoms with Gasteiger partial charge in [-0.1, -0.05) is 40.9 Å². The lowest BCUT2D eigenvalue weighted by Crippen LogP contribution is -2.28. The van der Waals surface area contributed by atoms with Crippen molar-refractivity contribution >= 4 is 58.0 Å². The molecule has 7 heteroatoms. The molecule has 1 aliphatic rings. The van der Waals surface area contributed by atoms with Crippen molar-refractivity contribution in [3.63, 3.8) is 0 Å². The number of carbonyl (C=O) groups is 2. The second-order valence-corrected chi connectivity index (χ2v) is 7.18. The third kappa shape index (κ3) is 3.92. The highest BCUT2D eigenvalue weighted by Gasteiger charge is 2.35. The summed E-state index contributed by atoms with van der Waals surface area (Å²) in [5.74, 6) is -0.779. The smallest absolute Gasteiger partial charge is 0.229 e. The zero-order valence-electron chi connectivity index (χ0n) is 13.4. The van der Waals surface area contributed by atoms with Crippen LogP contribution in [0, 0.1) is 12.8 Å². The van der Waals surface area contributed by atoms with E-state index in [2.05, 4.69) is 5.32 Å². The highest BCUT2D eigenvalue weighted by atomic mass is 35.5. The molecule has 0 saturated carbocycles. The summed E-state index contributed by atoms with van der Waals surface area (Å²) in [6.45, 7) is 2.18. The van der Waals surface area contributed by atoms with Crippen molar-refractivity contribution in [3.8, 4) is 0 Å². The van der Waals surface area contributed by atoms with Crippen LogP contribution >= 0.6 is 34.8 Å². The molecule has 2 aromatic carbocycles. The molecule has 0 aromatic heterocycles. The Morgan fingerprint density at radius 3 is 2.52 bits per heavy atom. The van der Waals surface area contributed by atoms with Crippen molar-refractivity contribution in [1.29, 1.82) is 0 Å². The summed E-state index contributed by atoms with van der Waals surface area (Å²) in [5, 5.41) is 4.19. The summed E-state index contributed by atoms with van der Waals surface area (Å²) in [6, 6.07) is 10.3. The summed E-state index contributed by atoms with van der Waals surface area (Å²) >= 11 is 18.0. The molecule has 1 saturated heterocycles. The van der Waals surface area contributed by atoms with Crippen molar-refractivity contribution in [2.75, 3.05) is 16.8 Å². The molecule has 4 nitrogen and oxygen atoms in total. The van der Waals surface area contributed by atoms with Crippen LogP contribution in [0.25, 0.3) is 0 Å². The number of halogens is 3. The van der Waals surface area contributed by atoms with Crippen LogP contribution in [-0.2, 0) is 9.59 Å². The monoisotopic (exact) mass is 396 g/mol. The molecular formula is C18H15Cl3N2O2. The Bertz CT molecular complexity index is 854. The van der Waals surface area contributed by atoms with Gasteiger partial charge >= 0.3 is 0 Å². The summed E-state index contributed by atoms with van der Waals surface area (Å²) < 4.78 is 0. The third-order valence-electron chi connectivity index (χ3n) is 4.15. The second kappa shape index (κ2) is 7.24. The topological polar surface area (TPSA) is 49.4 Å². The van der Waals surface area contributed by atoms with Gasteiger partial charge in [0.15, 0.2) is 0 Å². The first kappa shape index (κ1) is 18.1. The van der Waals surface area contributed by atoms with Crippen molar-refractivity contribution in [3.05, 3.63) is 57.0 Å². The lowest BCUT2D eigenvalue weighted by Gasteiger charge is -2.17. The SMILES string of the molecule is Cc1ccc(NC(=O)C2CC(=O)N(c3ccc(Cl)c(Cl)c3)C2)cc1Cl. The lowest BCUT2D eigenvalue weighted by molar-refractivity contribution is -0.122. The molecular weight excluding hydrogens is 383 g/mol. The van der Waals surface area contributed by atoms with E-state index in [0.29, 0.717) is 33.0 Å². The molecule has 3 rings (SSSR count). The van der Waals surface area contributed by atoms with Crippen LogP contribution in [0.4, 0.5) is 11.4 Å². The first-order valence-corrected chi connectivity index (χ1v) is 8.81. The fourth-order valence-electron chi connectivity index (χ4n) is 2.70. The van der Waals surface area contributed by atoms with Gasteiger partial charge in [-0.05, 0) is 42.8 Å². The number of anilines is 2. The Labute approximate surface area is 160 Å². The fourth-order valence-corrected chi connectivity index (χ4v) is 3.17.